The quantitative estimate of drug-likeness (QED) is 0.0676. The monoisotopic (exact) mass is 918 g/mol. The lowest BCUT2D eigenvalue weighted by Crippen LogP contribution is -2.44. The lowest BCUT2D eigenvalue weighted by atomic mass is 9.92. The number of fused-ring (bicyclic) bond motifs is 2. The summed E-state index contributed by atoms with van der Waals surface area (Å²) in [6, 6.07) is 32.3. The molecule has 0 saturated carbocycles. The summed E-state index contributed by atoms with van der Waals surface area (Å²) in [4.78, 5) is 54.5. The molecule has 1 aliphatic heterocycles. The molecule has 0 atom stereocenters. The van der Waals surface area contributed by atoms with Crippen molar-refractivity contribution in [1.29, 1.82) is 0 Å². The van der Waals surface area contributed by atoms with Crippen molar-refractivity contribution < 1.29 is 36.3 Å². The Morgan fingerprint density at radius 3 is 1.72 bits per heavy atom. The van der Waals surface area contributed by atoms with E-state index < -0.39 is 57.0 Å². The van der Waals surface area contributed by atoms with Crippen molar-refractivity contribution in [2.45, 2.75) is 29.3 Å². The molecule has 2 N–H and O–H groups in total. The van der Waals surface area contributed by atoms with Crippen LogP contribution >= 0.6 is 0 Å². The maximum Gasteiger partial charge on any atom is 0.289 e. The van der Waals surface area contributed by atoms with Gasteiger partial charge in [0, 0.05) is 50.4 Å². The summed E-state index contributed by atoms with van der Waals surface area (Å²) in [5, 5.41) is 35.6. The molecule has 2 amide bonds. The number of benzene rings is 6. The number of hydrogen-bond acceptors (Lipinski definition) is 12. The van der Waals surface area contributed by atoms with Gasteiger partial charge in [-0.1, -0.05) is 78.9 Å². The summed E-state index contributed by atoms with van der Waals surface area (Å²) < 4.78 is 58.9. The number of hydrogen-bond donors (Lipinski definition) is 2. The molecule has 0 radical (unpaired) electrons. The van der Waals surface area contributed by atoms with Crippen molar-refractivity contribution in [2.24, 2.45) is 0 Å². The zero-order valence-corrected chi connectivity index (χ0v) is 36.3. The van der Waals surface area contributed by atoms with E-state index in [0.717, 1.165) is 65.2 Å². The summed E-state index contributed by atoms with van der Waals surface area (Å²) in [6.07, 6.45) is 0.0963. The van der Waals surface area contributed by atoms with Crippen molar-refractivity contribution in [3.8, 4) is 0 Å². The second kappa shape index (κ2) is 18.6. The third kappa shape index (κ3) is 9.33. The Morgan fingerprint density at radius 1 is 0.585 bits per heavy atom. The topological polar surface area (TPSA) is 235 Å². The Kier molecular flexibility index (Phi) is 12.8. The van der Waals surface area contributed by atoms with Gasteiger partial charge in [-0.05, 0) is 75.6 Å². The standard InChI is InChI=1S/C45H42N8O10S2/c54-42(46-22-23-47-45(55)37-21-19-33-17-16-31-8-5-9-32-18-20-36(37)44(33)43(31)32)30-49-24-7-25-50(64(60,61)40-14-3-1-12-38(40)52(56)57)28-34-10-6-11-35(48-34)29-51(27-26-49)65(62,63)41-15-4-2-13-39(41)53(58)59/h1-6,8-21H,7,22-30H2,(H,46,54)(H,47,55). The van der Waals surface area contributed by atoms with Crippen LogP contribution in [-0.2, 0) is 37.9 Å². The molecule has 334 valence electrons. The molecule has 6 aromatic carbocycles. The van der Waals surface area contributed by atoms with Crippen LogP contribution in [0.1, 0.15) is 28.2 Å². The van der Waals surface area contributed by atoms with Gasteiger partial charge in [-0.2, -0.15) is 8.61 Å². The van der Waals surface area contributed by atoms with E-state index >= 15 is 0 Å². The van der Waals surface area contributed by atoms with Crippen LogP contribution in [0.15, 0.2) is 131 Å². The molecule has 0 spiro atoms. The van der Waals surface area contributed by atoms with Crippen LogP contribution in [0, 0.1) is 20.2 Å². The van der Waals surface area contributed by atoms with Gasteiger partial charge in [0.2, 0.25) is 26.0 Å². The highest BCUT2D eigenvalue weighted by Gasteiger charge is 2.34. The van der Waals surface area contributed by atoms with Gasteiger partial charge in [-0.25, -0.2) is 16.8 Å². The molecule has 2 heterocycles. The molecule has 8 rings (SSSR count). The Balaban J connectivity index is 1.01. The molecular weight excluding hydrogens is 877 g/mol. The first-order valence-electron chi connectivity index (χ1n) is 20.6. The van der Waals surface area contributed by atoms with Gasteiger partial charge in [0.1, 0.15) is 0 Å². The van der Waals surface area contributed by atoms with Crippen LogP contribution in [0.25, 0.3) is 32.3 Å². The SMILES string of the molecule is O=C(CN1CCCN(S(=O)(=O)c2ccccc2[N+](=O)[O-])Cc2cccc(n2)CN(S(=O)(=O)c2ccccc2[N+](=O)[O-])CC1)NCCNC(=O)c1ccc2ccc3cccc4ccc1c2c34. The van der Waals surface area contributed by atoms with Crippen LogP contribution in [0.5, 0.6) is 0 Å². The van der Waals surface area contributed by atoms with E-state index in [0.29, 0.717) is 5.56 Å². The van der Waals surface area contributed by atoms with Crippen LogP contribution in [0.4, 0.5) is 11.4 Å². The average Bonchev–Trinajstić information content (AvgIpc) is 3.31. The van der Waals surface area contributed by atoms with E-state index in [4.69, 9.17) is 0 Å². The normalized spacial score (nSPS) is 15.0. The predicted molar refractivity (Wildman–Crippen MR) is 242 cm³/mol. The number of aromatic nitrogens is 1. The van der Waals surface area contributed by atoms with E-state index in [-0.39, 0.29) is 82.6 Å². The first kappa shape index (κ1) is 44.6. The van der Waals surface area contributed by atoms with Gasteiger partial charge < -0.3 is 10.6 Å². The number of amides is 2. The minimum absolute atomic E-state index is 0.0472. The summed E-state index contributed by atoms with van der Waals surface area (Å²) in [6.45, 7) is -1.27. The lowest BCUT2D eigenvalue weighted by molar-refractivity contribution is -0.388. The number of pyridine rings is 1. The lowest BCUT2D eigenvalue weighted by Gasteiger charge is -2.27. The Hall–Kier alpha value is -6.97. The summed E-state index contributed by atoms with van der Waals surface area (Å²) in [7, 11) is -9.07. The highest BCUT2D eigenvalue weighted by molar-refractivity contribution is 7.89. The number of nitro benzene ring substituents is 2. The maximum atomic E-state index is 14.3. The van der Waals surface area contributed by atoms with Gasteiger partial charge in [-0.3, -0.25) is 39.7 Å². The fourth-order valence-electron chi connectivity index (χ4n) is 8.22. The Morgan fingerprint density at radius 2 is 1.11 bits per heavy atom. The molecule has 20 heteroatoms. The maximum absolute atomic E-state index is 14.3. The molecule has 18 nitrogen and oxygen atoms in total. The molecule has 0 aliphatic carbocycles. The zero-order chi connectivity index (χ0) is 45.9. The number of carbonyl (C=O) groups excluding carboxylic acids is 2. The first-order chi connectivity index (χ1) is 31.2. The van der Waals surface area contributed by atoms with Gasteiger partial charge in [-0.15, -0.1) is 0 Å². The fraction of sp³-hybridized carbons (Fsp3) is 0.222. The number of rotatable bonds is 12. The smallest absolute Gasteiger partial charge is 0.289 e. The summed E-state index contributed by atoms with van der Waals surface area (Å²) in [5.74, 6) is -0.798. The van der Waals surface area contributed by atoms with Crippen molar-refractivity contribution in [1.82, 2.24) is 29.1 Å². The van der Waals surface area contributed by atoms with Crippen molar-refractivity contribution in [3.05, 3.63) is 159 Å². The number of para-hydroxylation sites is 2. The van der Waals surface area contributed by atoms with E-state index in [1.807, 2.05) is 42.5 Å². The molecule has 2 bridgehead atoms. The zero-order valence-electron chi connectivity index (χ0n) is 34.7. The number of sulfonamides is 2. The second-order valence-corrected chi connectivity index (χ2v) is 19.3. The van der Waals surface area contributed by atoms with Crippen molar-refractivity contribution in [2.75, 3.05) is 45.8 Å². The third-order valence-electron chi connectivity index (χ3n) is 11.3. The molecule has 7 aromatic rings. The van der Waals surface area contributed by atoms with Gasteiger partial charge in [0.15, 0.2) is 9.79 Å². The highest BCUT2D eigenvalue weighted by atomic mass is 32.2. The van der Waals surface area contributed by atoms with Crippen LogP contribution < -0.4 is 10.6 Å². The molecule has 1 aliphatic rings. The molecule has 1 aromatic heterocycles. The Bertz CT molecular complexity index is 3190. The minimum atomic E-state index is -4.56. The predicted octanol–water partition coefficient (Wildman–Crippen LogP) is 5.43. The molecule has 0 unspecified atom stereocenters. The second-order valence-electron chi connectivity index (χ2n) is 15.5. The third-order valence-corrected chi connectivity index (χ3v) is 15.1. The molecular formula is C45H42N8O10S2. The number of nitrogens with one attached hydrogen (secondary N) is 2. The molecule has 0 saturated heterocycles. The Labute approximate surface area is 373 Å². The van der Waals surface area contributed by atoms with Crippen LogP contribution in [0.3, 0.4) is 0 Å². The fourth-order valence-corrected chi connectivity index (χ4v) is 11.4. The number of nitrogens with zero attached hydrogens (tertiary/aromatic N) is 6. The average molecular weight is 919 g/mol. The van der Waals surface area contributed by atoms with Crippen LogP contribution in [-0.4, -0.2) is 103 Å². The number of nitro groups is 2. The largest absolute Gasteiger partial charge is 0.353 e. The van der Waals surface area contributed by atoms with E-state index in [9.17, 15) is 46.7 Å². The summed E-state index contributed by atoms with van der Waals surface area (Å²) >= 11 is 0. The first-order valence-corrected chi connectivity index (χ1v) is 23.5. The molecule has 65 heavy (non-hydrogen) atoms. The van der Waals surface area contributed by atoms with E-state index in [1.54, 1.807) is 17.0 Å². The minimum Gasteiger partial charge on any atom is -0.353 e. The van der Waals surface area contributed by atoms with Gasteiger partial charge in [0.05, 0.1) is 40.9 Å². The van der Waals surface area contributed by atoms with Crippen LogP contribution in [0.2, 0.25) is 0 Å². The van der Waals surface area contributed by atoms with E-state index in [1.165, 1.54) is 36.4 Å². The van der Waals surface area contributed by atoms with Gasteiger partial charge >= 0.3 is 0 Å². The highest BCUT2D eigenvalue weighted by Crippen LogP contribution is 2.36. The molecule has 0 fully saturated rings. The summed E-state index contributed by atoms with van der Waals surface area (Å²) in [5.41, 5.74) is -0.346. The van der Waals surface area contributed by atoms with Crippen molar-refractivity contribution >= 4 is 75.6 Å². The van der Waals surface area contributed by atoms with E-state index in [2.05, 4.69) is 21.7 Å². The van der Waals surface area contributed by atoms with Gasteiger partial charge in [0.25, 0.3) is 17.3 Å². The van der Waals surface area contributed by atoms with Crippen molar-refractivity contribution in [3.63, 3.8) is 0 Å². The number of carbonyl (C=O) groups is 2.